The molecule has 1 atom stereocenters. The van der Waals surface area contributed by atoms with Gasteiger partial charge in [0.25, 0.3) is 11.8 Å². The summed E-state index contributed by atoms with van der Waals surface area (Å²) in [5, 5.41) is 11.5. The molecule has 30 heavy (non-hydrogen) atoms. The summed E-state index contributed by atoms with van der Waals surface area (Å²) in [5.74, 6) is -1.79. The molecule has 1 unspecified atom stereocenters. The van der Waals surface area contributed by atoms with Crippen LogP contribution in [-0.2, 0) is 20.8 Å². The average Bonchev–Trinajstić information content (AvgIpc) is 2.72. The number of amides is 2. The third-order valence-electron chi connectivity index (χ3n) is 4.57. The highest BCUT2D eigenvalue weighted by Crippen LogP contribution is 2.26. The molecule has 0 aliphatic carbocycles. The van der Waals surface area contributed by atoms with Crippen LogP contribution in [0.4, 0.5) is 5.69 Å². The van der Waals surface area contributed by atoms with E-state index in [1.165, 1.54) is 17.9 Å². The molecule has 1 aliphatic rings. The highest BCUT2D eigenvalue weighted by atomic mass is 32.1. The summed E-state index contributed by atoms with van der Waals surface area (Å²) in [7, 11) is 0. The fraction of sp³-hybridized carbons (Fsp3) is 0.182. The van der Waals surface area contributed by atoms with Gasteiger partial charge in [-0.15, -0.1) is 0 Å². The molecule has 7 nitrogen and oxygen atoms in total. The number of anilines is 1. The molecule has 0 saturated carbocycles. The molecule has 2 amide bonds. The summed E-state index contributed by atoms with van der Waals surface area (Å²) < 4.78 is 5.29. The van der Waals surface area contributed by atoms with Gasteiger partial charge in [0.05, 0.1) is 5.69 Å². The molecule has 2 aromatic carbocycles. The van der Waals surface area contributed by atoms with Crippen LogP contribution in [0.25, 0.3) is 6.08 Å². The van der Waals surface area contributed by atoms with Gasteiger partial charge in [-0.2, -0.15) is 0 Å². The van der Waals surface area contributed by atoms with E-state index in [-0.39, 0.29) is 10.7 Å². The van der Waals surface area contributed by atoms with Crippen molar-refractivity contribution in [3.63, 3.8) is 0 Å². The summed E-state index contributed by atoms with van der Waals surface area (Å²) >= 11 is 5.25. The van der Waals surface area contributed by atoms with Gasteiger partial charge in [-0.05, 0) is 61.0 Å². The summed E-state index contributed by atoms with van der Waals surface area (Å²) in [4.78, 5) is 37.8. The molecule has 1 saturated heterocycles. The lowest BCUT2D eigenvalue weighted by atomic mass is 10.0. The number of nitrogens with one attached hydrogen (secondary N) is 1. The Morgan fingerprint density at radius 1 is 1.20 bits per heavy atom. The van der Waals surface area contributed by atoms with E-state index >= 15 is 0 Å². The topological polar surface area (TPSA) is 95.9 Å². The van der Waals surface area contributed by atoms with Crippen molar-refractivity contribution in [3.8, 4) is 5.75 Å². The second-order valence-corrected chi connectivity index (χ2v) is 6.99. The van der Waals surface area contributed by atoms with Crippen molar-refractivity contribution in [2.24, 2.45) is 0 Å². The molecule has 0 spiro atoms. The summed E-state index contributed by atoms with van der Waals surface area (Å²) in [6, 6.07) is 13.8. The number of hydrogen-bond acceptors (Lipinski definition) is 5. The van der Waals surface area contributed by atoms with E-state index in [1.807, 2.05) is 19.1 Å². The van der Waals surface area contributed by atoms with Crippen LogP contribution in [0.5, 0.6) is 5.75 Å². The molecule has 0 radical (unpaired) electrons. The van der Waals surface area contributed by atoms with Gasteiger partial charge in [-0.25, -0.2) is 4.79 Å². The quantitative estimate of drug-likeness (QED) is 0.421. The first kappa shape index (κ1) is 21.2. The minimum absolute atomic E-state index is 0.0365. The Bertz CT molecular complexity index is 1050. The lowest BCUT2D eigenvalue weighted by Crippen LogP contribution is -2.54. The number of thiocarbonyl (C=S) groups is 1. The van der Waals surface area contributed by atoms with Crippen molar-refractivity contribution >= 4 is 46.9 Å². The van der Waals surface area contributed by atoms with E-state index in [4.69, 9.17) is 22.1 Å². The first-order valence-corrected chi connectivity index (χ1v) is 9.71. The Morgan fingerprint density at radius 3 is 2.50 bits per heavy atom. The number of carbonyl (C=O) groups is 3. The summed E-state index contributed by atoms with van der Waals surface area (Å²) in [5.41, 5.74) is 2.09. The van der Waals surface area contributed by atoms with Gasteiger partial charge in [-0.1, -0.05) is 37.3 Å². The van der Waals surface area contributed by atoms with E-state index in [1.54, 1.807) is 36.4 Å². The average molecular weight is 424 g/mol. The van der Waals surface area contributed by atoms with Crippen molar-refractivity contribution in [2.75, 3.05) is 4.90 Å². The van der Waals surface area contributed by atoms with E-state index in [0.717, 1.165) is 5.56 Å². The third kappa shape index (κ3) is 4.38. The van der Waals surface area contributed by atoms with E-state index in [9.17, 15) is 14.4 Å². The number of para-hydroxylation sites is 1. The Kier molecular flexibility index (Phi) is 6.27. The fourth-order valence-electron chi connectivity index (χ4n) is 2.97. The lowest BCUT2D eigenvalue weighted by Gasteiger charge is -2.30. The zero-order valence-electron chi connectivity index (χ0n) is 16.4. The summed E-state index contributed by atoms with van der Waals surface area (Å²) in [6.45, 7) is 3.40. The van der Waals surface area contributed by atoms with E-state index in [0.29, 0.717) is 23.4 Å². The van der Waals surface area contributed by atoms with Crippen LogP contribution in [0.3, 0.4) is 0 Å². The minimum atomic E-state index is -1.07. The number of aliphatic carboxylic acids is 1. The smallest absolute Gasteiger partial charge is 0.344 e. The number of carboxylic acid groups (broad SMARTS) is 1. The normalized spacial score (nSPS) is 16.4. The molecule has 1 fully saturated rings. The maximum absolute atomic E-state index is 13.1. The maximum Gasteiger partial charge on any atom is 0.344 e. The van der Waals surface area contributed by atoms with Crippen molar-refractivity contribution in [2.45, 2.75) is 26.4 Å². The number of aryl methyl sites for hydroxylation is 1. The van der Waals surface area contributed by atoms with Crippen LogP contribution in [-0.4, -0.2) is 34.1 Å². The van der Waals surface area contributed by atoms with Crippen LogP contribution in [0.1, 0.15) is 25.0 Å². The molecule has 0 aromatic heterocycles. The Labute approximate surface area is 179 Å². The molecular formula is C22H20N2O5S. The van der Waals surface area contributed by atoms with Crippen LogP contribution in [0, 0.1) is 0 Å². The van der Waals surface area contributed by atoms with Crippen LogP contribution >= 0.6 is 12.2 Å². The largest absolute Gasteiger partial charge is 0.479 e. The second kappa shape index (κ2) is 8.87. The molecule has 8 heteroatoms. The van der Waals surface area contributed by atoms with Gasteiger partial charge in [0.2, 0.25) is 0 Å². The maximum atomic E-state index is 13.1. The predicted octanol–water partition coefficient (Wildman–Crippen LogP) is 2.93. The van der Waals surface area contributed by atoms with Crippen molar-refractivity contribution in [1.82, 2.24) is 5.32 Å². The minimum Gasteiger partial charge on any atom is -0.479 e. The van der Waals surface area contributed by atoms with Crippen molar-refractivity contribution in [3.05, 3.63) is 65.2 Å². The van der Waals surface area contributed by atoms with Crippen LogP contribution in [0.15, 0.2) is 54.1 Å². The lowest BCUT2D eigenvalue weighted by molar-refractivity contribution is -0.144. The van der Waals surface area contributed by atoms with Gasteiger partial charge in [0, 0.05) is 0 Å². The zero-order valence-corrected chi connectivity index (χ0v) is 17.2. The molecule has 2 aromatic rings. The SMILES string of the molecule is CCc1ccccc1N1C(=O)C(=Cc2ccc(OC(C)C(=O)O)cc2)C(=O)NC1=S. The molecule has 0 bridgehead atoms. The third-order valence-corrected chi connectivity index (χ3v) is 4.85. The molecule has 1 aliphatic heterocycles. The molecule has 2 N–H and O–H groups in total. The van der Waals surface area contributed by atoms with Crippen molar-refractivity contribution in [1.29, 1.82) is 0 Å². The van der Waals surface area contributed by atoms with Gasteiger partial charge in [0.1, 0.15) is 11.3 Å². The second-order valence-electron chi connectivity index (χ2n) is 6.61. The molecular weight excluding hydrogens is 404 g/mol. The highest BCUT2D eigenvalue weighted by Gasteiger charge is 2.35. The van der Waals surface area contributed by atoms with E-state index < -0.39 is 23.9 Å². The number of rotatable bonds is 6. The van der Waals surface area contributed by atoms with Crippen LogP contribution in [0.2, 0.25) is 0 Å². The van der Waals surface area contributed by atoms with Crippen LogP contribution < -0.4 is 15.0 Å². The predicted molar refractivity (Wildman–Crippen MR) is 116 cm³/mol. The summed E-state index contributed by atoms with van der Waals surface area (Å²) in [6.07, 6.45) is 1.17. The standard InChI is InChI=1S/C22H20N2O5S/c1-3-15-6-4-5-7-18(15)24-20(26)17(19(25)23-22(24)30)12-14-8-10-16(11-9-14)29-13(2)21(27)28/h4-13H,3H2,1-2H3,(H,27,28)(H,23,25,30). The zero-order chi connectivity index (χ0) is 21.8. The Morgan fingerprint density at radius 2 is 1.87 bits per heavy atom. The molecule has 3 rings (SSSR count). The molecule has 154 valence electrons. The Balaban J connectivity index is 1.90. The Hall–Kier alpha value is -3.52. The van der Waals surface area contributed by atoms with Gasteiger partial charge >= 0.3 is 5.97 Å². The van der Waals surface area contributed by atoms with Gasteiger partial charge in [0.15, 0.2) is 11.2 Å². The highest BCUT2D eigenvalue weighted by molar-refractivity contribution is 7.80. The fourth-order valence-corrected chi connectivity index (χ4v) is 3.24. The number of benzene rings is 2. The first-order valence-electron chi connectivity index (χ1n) is 9.30. The van der Waals surface area contributed by atoms with E-state index in [2.05, 4.69) is 5.32 Å². The number of ether oxygens (including phenoxy) is 1. The number of carboxylic acids is 1. The number of carbonyl (C=O) groups excluding carboxylic acids is 2. The number of hydrogen-bond donors (Lipinski definition) is 2. The first-order chi connectivity index (χ1) is 14.3. The van der Waals surface area contributed by atoms with Gasteiger partial charge < -0.3 is 9.84 Å². The van der Waals surface area contributed by atoms with Gasteiger partial charge in [-0.3, -0.25) is 19.8 Å². The number of nitrogens with zero attached hydrogens (tertiary/aromatic N) is 1. The van der Waals surface area contributed by atoms with Crippen molar-refractivity contribution < 1.29 is 24.2 Å². The molecule has 1 heterocycles. The monoisotopic (exact) mass is 424 g/mol.